The van der Waals surface area contributed by atoms with Gasteiger partial charge in [0, 0.05) is 44.2 Å². The van der Waals surface area contributed by atoms with Crippen LogP contribution in [0.4, 0.5) is 34.1 Å². The van der Waals surface area contributed by atoms with Gasteiger partial charge in [0.05, 0.1) is 28.2 Å². The molecule has 91 heavy (non-hydrogen) atoms. The van der Waals surface area contributed by atoms with Gasteiger partial charge in [0.2, 0.25) is 0 Å². The van der Waals surface area contributed by atoms with Crippen molar-refractivity contribution < 1.29 is 0 Å². The molecule has 4 heterocycles. The van der Waals surface area contributed by atoms with Gasteiger partial charge in [0.25, 0.3) is 0 Å². The number of nitrogens with zero attached hydrogens (tertiary/aromatic N) is 8. The van der Waals surface area contributed by atoms with E-state index in [1.165, 1.54) is 199 Å². The highest BCUT2D eigenvalue weighted by molar-refractivity contribution is 5.96. The zero-order chi connectivity index (χ0) is 59.2. The van der Waals surface area contributed by atoms with Crippen LogP contribution in [0.5, 0.6) is 0 Å². The number of anilines is 6. The van der Waals surface area contributed by atoms with Gasteiger partial charge in [-0.1, -0.05) is 72.8 Å². The van der Waals surface area contributed by atoms with Crippen molar-refractivity contribution in [3.63, 3.8) is 0 Å². The molecule has 0 unspecified atom stereocenters. The maximum absolute atomic E-state index is 5.80. The van der Waals surface area contributed by atoms with Crippen LogP contribution < -0.4 is 9.80 Å². The molecule has 8 aromatic rings. The maximum Gasteiger partial charge on any atom is 0.163 e. The van der Waals surface area contributed by atoms with Crippen LogP contribution in [0, 0.1) is 71.0 Å². The van der Waals surface area contributed by atoms with Crippen LogP contribution in [0.1, 0.15) is 200 Å². The number of benzene rings is 6. The summed E-state index contributed by atoms with van der Waals surface area (Å²) >= 11 is 0. The zero-order valence-electron chi connectivity index (χ0n) is 52.8. The van der Waals surface area contributed by atoms with Gasteiger partial charge < -0.3 is 9.80 Å². The summed E-state index contributed by atoms with van der Waals surface area (Å²) in [4.78, 5) is 39.5. The minimum atomic E-state index is -0.619. The number of rotatable bonds is 8. The first-order valence-electron chi connectivity index (χ1n) is 36.4. The number of hydrogen-bond acceptors (Lipinski definition) is 8. The topological polar surface area (TPSA) is 83.8 Å². The molecule has 0 N–H and O–H groups in total. The normalized spacial score (nSPS) is 37.1. The van der Waals surface area contributed by atoms with Crippen LogP contribution in [0.2, 0.25) is 0 Å². The van der Waals surface area contributed by atoms with Crippen molar-refractivity contribution in [3.05, 3.63) is 191 Å². The molecule has 6 aromatic carbocycles. The van der Waals surface area contributed by atoms with E-state index in [-0.39, 0.29) is 21.7 Å². The maximum atomic E-state index is 5.80. The Kier molecular flexibility index (Phi) is 10.7. The summed E-state index contributed by atoms with van der Waals surface area (Å²) in [7, 11) is 0. The third-order valence-electron chi connectivity index (χ3n) is 28.3. The van der Waals surface area contributed by atoms with Gasteiger partial charge in [-0.2, -0.15) is 0 Å². The van der Waals surface area contributed by atoms with Gasteiger partial charge in [-0.05, 0) is 320 Å². The Balaban J connectivity index is 0.638. The van der Waals surface area contributed by atoms with E-state index in [0.29, 0.717) is 0 Å². The highest BCUT2D eigenvalue weighted by atomic mass is 15.2. The molecule has 26 rings (SSSR count). The molecule has 1 spiro atoms. The SMILES string of the molecule is c1ccc2c(c1)N(c1ccc(-c3nc(C45CC6CC(CC(C6)C4)C5)nc(C45CC6CC(CC(C6)C4)C5)n3)cc1)c1ccccc1C21c2ccccc2N(c2ccc(-c3nc(C45CC6CC(CC(C6)C4)C5)nc(C45CC6CC(CC(C6)C4)C5)n3)cc2)c2ccccc21. The number of para-hydroxylation sites is 4. The summed E-state index contributed by atoms with van der Waals surface area (Å²) in [6.45, 7) is 0. The molecule has 0 radical (unpaired) electrons. The zero-order valence-corrected chi connectivity index (χ0v) is 52.8. The van der Waals surface area contributed by atoms with E-state index in [0.717, 1.165) is 128 Å². The predicted molar refractivity (Wildman–Crippen MR) is 358 cm³/mol. The van der Waals surface area contributed by atoms with E-state index in [2.05, 4.69) is 155 Å². The Morgan fingerprint density at radius 3 is 0.670 bits per heavy atom. The van der Waals surface area contributed by atoms with Gasteiger partial charge in [-0.25, -0.2) is 29.9 Å². The van der Waals surface area contributed by atoms with Gasteiger partial charge in [0.15, 0.2) is 11.6 Å². The van der Waals surface area contributed by atoms with Gasteiger partial charge >= 0.3 is 0 Å². The summed E-state index contributed by atoms with van der Waals surface area (Å²) in [6.07, 6.45) is 32.3. The summed E-state index contributed by atoms with van der Waals surface area (Å²) in [6, 6.07) is 55.9. The smallest absolute Gasteiger partial charge is 0.163 e. The minimum Gasteiger partial charge on any atom is -0.310 e. The summed E-state index contributed by atoms with van der Waals surface area (Å²) in [5, 5.41) is 0. The van der Waals surface area contributed by atoms with Crippen molar-refractivity contribution in [2.24, 2.45) is 71.0 Å². The molecular weight excluding hydrogens is 1110 g/mol. The highest BCUT2D eigenvalue weighted by Crippen LogP contribution is 2.68. The second-order valence-electron chi connectivity index (χ2n) is 34.0. The second kappa shape index (κ2) is 18.6. The number of hydrogen-bond donors (Lipinski definition) is 0. The number of aromatic nitrogens is 6. The Labute approximate surface area is 537 Å². The van der Waals surface area contributed by atoms with E-state index in [4.69, 9.17) is 29.9 Å². The molecule has 456 valence electrons. The molecule has 8 heteroatoms. The van der Waals surface area contributed by atoms with Crippen LogP contribution in [0.15, 0.2) is 146 Å². The van der Waals surface area contributed by atoms with E-state index >= 15 is 0 Å². The molecule has 16 aliphatic carbocycles. The quantitative estimate of drug-likeness (QED) is 0.149. The molecule has 16 fully saturated rings. The lowest BCUT2D eigenvalue weighted by Gasteiger charge is -2.57. The molecule has 18 aliphatic rings. The average Bonchev–Trinajstić information content (AvgIpc) is 0.708. The second-order valence-corrected chi connectivity index (χ2v) is 34.0. The number of fused-ring (bicyclic) bond motifs is 8. The lowest BCUT2D eigenvalue weighted by atomic mass is 9.49. The van der Waals surface area contributed by atoms with Gasteiger partial charge in [-0.3, -0.25) is 0 Å². The Bertz CT molecular complexity index is 3690. The largest absolute Gasteiger partial charge is 0.310 e. The molecule has 16 saturated carbocycles. The summed E-state index contributed by atoms with van der Waals surface area (Å²) in [5.41, 5.74) is 14.2. The molecule has 8 nitrogen and oxygen atoms in total. The molecule has 0 saturated heterocycles. The van der Waals surface area contributed by atoms with Crippen molar-refractivity contribution >= 4 is 34.1 Å². The van der Waals surface area contributed by atoms with E-state index in [1.54, 1.807) is 0 Å². The van der Waals surface area contributed by atoms with Crippen LogP contribution in [-0.4, -0.2) is 29.9 Å². The lowest BCUT2D eigenvalue weighted by Crippen LogP contribution is -2.51. The first kappa shape index (κ1) is 52.4. The Hall–Kier alpha value is -7.06. The first-order chi connectivity index (χ1) is 44.7. The fourth-order valence-electron chi connectivity index (χ4n) is 26.6. The van der Waals surface area contributed by atoms with Gasteiger partial charge in [0.1, 0.15) is 23.3 Å². The van der Waals surface area contributed by atoms with Crippen LogP contribution in [0.3, 0.4) is 0 Å². The molecule has 2 aliphatic heterocycles. The van der Waals surface area contributed by atoms with Crippen LogP contribution >= 0.6 is 0 Å². The first-order valence-corrected chi connectivity index (χ1v) is 36.4. The average molecular weight is 1190 g/mol. The fraction of sp³-hybridized carbons (Fsp3) is 0.494. The van der Waals surface area contributed by atoms with Gasteiger partial charge in [-0.15, -0.1) is 0 Å². The van der Waals surface area contributed by atoms with E-state index in [9.17, 15) is 0 Å². The van der Waals surface area contributed by atoms with Crippen molar-refractivity contribution in [1.82, 2.24) is 29.9 Å². The van der Waals surface area contributed by atoms with Crippen molar-refractivity contribution in [2.75, 3.05) is 9.80 Å². The van der Waals surface area contributed by atoms with Crippen molar-refractivity contribution in [1.29, 1.82) is 0 Å². The third kappa shape index (κ3) is 7.51. The Morgan fingerprint density at radius 2 is 0.451 bits per heavy atom. The summed E-state index contributed by atoms with van der Waals surface area (Å²) < 4.78 is 0. The van der Waals surface area contributed by atoms with Crippen molar-refractivity contribution in [2.45, 2.75) is 181 Å². The highest BCUT2D eigenvalue weighted by Gasteiger charge is 2.60. The lowest BCUT2D eigenvalue weighted by molar-refractivity contribution is -0.0157. The molecule has 0 amide bonds. The van der Waals surface area contributed by atoms with Crippen LogP contribution in [-0.2, 0) is 27.1 Å². The van der Waals surface area contributed by atoms with E-state index < -0.39 is 5.41 Å². The summed E-state index contributed by atoms with van der Waals surface area (Å²) in [5.74, 6) is 16.4. The monoisotopic (exact) mass is 1190 g/mol. The van der Waals surface area contributed by atoms with E-state index in [1.807, 2.05) is 0 Å². The minimum absolute atomic E-state index is 0.101. The third-order valence-corrected chi connectivity index (χ3v) is 28.3. The predicted octanol–water partition coefficient (Wildman–Crippen LogP) is 19.2. The molecule has 0 atom stereocenters. The standard InChI is InChI=1S/C83H84N8/c1-5-13-69-65(9-1)83(66-10-2-6-14-70(66)90(69)63-21-17-61(18-22-63)73-84-75(79-37-49-25-50(38-79)27-51(26-49)39-79)88-76(85-73)80-40-52-28-53(41-80)30-54(29-52)42-80)67-11-3-7-15-71(67)91(72-16-8-4-12-68(72)83)64-23-19-62(20-24-64)74-86-77(81-43-55-31-56(44-81)33-57(32-55)45-81)89-78(87-74)82-46-58-34-59(47-82)36-60(35-58)48-82/h1-24,49-60H,25-48H2. The van der Waals surface area contributed by atoms with Crippen LogP contribution in [0.25, 0.3) is 22.8 Å². The molecule has 16 bridgehead atoms. The van der Waals surface area contributed by atoms with Crippen molar-refractivity contribution in [3.8, 4) is 22.8 Å². The molecule has 2 aromatic heterocycles. The molecular formula is C83H84N8. The fourth-order valence-corrected chi connectivity index (χ4v) is 26.6. The Morgan fingerprint density at radius 1 is 0.242 bits per heavy atom.